The van der Waals surface area contributed by atoms with Crippen LogP contribution in [-0.2, 0) is 4.79 Å². The lowest BCUT2D eigenvalue weighted by molar-refractivity contribution is -0.119. The molecule has 98 valence electrons. The third-order valence-corrected chi connectivity index (χ3v) is 2.95. The van der Waals surface area contributed by atoms with E-state index in [-0.39, 0.29) is 18.5 Å². The van der Waals surface area contributed by atoms with E-state index in [9.17, 15) is 9.59 Å². The molecule has 0 bridgehead atoms. The van der Waals surface area contributed by atoms with Gasteiger partial charge in [0, 0.05) is 16.2 Å². The zero-order valence-electron chi connectivity index (χ0n) is 10.3. The Bertz CT molecular complexity index is 474. The van der Waals surface area contributed by atoms with Gasteiger partial charge >= 0.3 is 0 Å². The minimum Gasteiger partial charge on any atom is -0.398 e. The van der Waals surface area contributed by atoms with E-state index >= 15 is 0 Å². The summed E-state index contributed by atoms with van der Waals surface area (Å²) in [6, 6.07) is 4.89. The molecule has 2 amide bonds. The topological polar surface area (TPSA) is 89.4 Å². The number of halogens is 1. The highest BCUT2D eigenvalue weighted by Gasteiger charge is 2.22. The minimum absolute atomic E-state index is 0.123. The molecule has 0 aromatic heterocycles. The summed E-state index contributed by atoms with van der Waals surface area (Å²) in [5, 5.41) is 0. The van der Waals surface area contributed by atoms with Crippen LogP contribution in [0.4, 0.5) is 5.69 Å². The molecule has 4 N–H and O–H groups in total. The second-order valence-corrected chi connectivity index (χ2v) is 5.14. The molecule has 0 spiro atoms. The Hall–Kier alpha value is -1.56. The van der Waals surface area contributed by atoms with Gasteiger partial charge in [0.15, 0.2) is 0 Å². The summed E-state index contributed by atoms with van der Waals surface area (Å²) in [4.78, 5) is 24.7. The Balaban J connectivity index is 3.09. The van der Waals surface area contributed by atoms with Gasteiger partial charge in [-0.05, 0) is 32.0 Å². The van der Waals surface area contributed by atoms with Gasteiger partial charge in [-0.3, -0.25) is 9.59 Å². The smallest absolute Gasteiger partial charge is 0.256 e. The molecule has 0 heterocycles. The maximum atomic E-state index is 12.3. The zero-order valence-corrected chi connectivity index (χ0v) is 11.9. The van der Waals surface area contributed by atoms with Gasteiger partial charge in [0.05, 0.1) is 12.1 Å². The SMILES string of the molecule is CC(C)N(CC(N)=O)C(=O)c1cc(Br)ccc1N. The van der Waals surface area contributed by atoms with E-state index in [1.54, 1.807) is 18.2 Å². The first-order valence-corrected chi connectivity index (χ1v) is 6.26. The predicted octanol–water partition coefficient (Wildman–Crippen LogP) is 1.37. The van der Waals surface area contributed by atoms with Crippen molar-refractivity contribution in [2.45, 2.75) is 19.9 Å². The van der Waals surface area contributed by atoms with Crippen molar-refractivity contribution in [3.8, 4) is 0 Å². The van der Waals surface area contributed by atoms with Crippen LogP contribution in [0.15, 0.2) is 22.7 Å². The van der Waals surface area contributed by atoms with Gasteiger partial charge in [0.1, 0.15) is 0 Å². The first-order valence-electron chi connectivity index (χ1n) is 5.47. The Kier molecular flexibility index (Phi) is 4.72. The zero-order chi connectivity index (χ0) is 13.9. The van der Waals surface area contributed by atoms with Crippen molar-refractivity contribution in [2.75, 3.05) is 12.3 Å². The highest BCUT2D eigenvalue weighted by Crippen LogP contribution is 2.20. The number of hydrogen-bond acceptors (Lipinski definition) is 3. The molecule has 0 aliphatic carbocycles. The highest BCUT2D eigenvalue weighted by atomic mass is 79.9. The molecule has 6 heteroatoms. The fourth-order valence-corrected chi connectivity index (χ4v) is 1.89. The van der Waals surface area contributed by atoms with Crippen LogP contribution in [0.1, 0.15) is 24.2 Å². The third-order valence-electron chi connectivity index (χ3n) is 2.46. The number of rotatable bonds is 4. The van der Waals surface area contributed by atoms with E-state index in [1.807, 2.05) is 13.8 Å². The molecule has 0 aliphatic rings. The average molecular weight is 314 g/mol. The number of carbonyl (C=O) groups is 2. The molecule has 1 aromatic rings. The molecule has 1 rings (SSSR count). The van der Waals surface area contributed by atoms with Crippen LogP contribution in [0.5, 0.6) is 0 Å². The van der Waals surface area contributed by atoms with Crippen LogP contribution in [0, 0.1) is 0 Å². The van der Waals surface area contributed by atoms with Gasteiger partial charge in [-0.25, -0.2) is 0 Å². The van der Waals surface area contributed by atoms with E-state index in [4.69, 9.17) is 11.5 Å². The number of hydrogen-bond donors (Lipinski definition) is 2. The lowest BCUT2D eigenvalue weighted by Crippen LogP contribution is -2.43. The minimum atomic E-state index is -0.550. The molecule has 0 aliphatic heterocycles. The molecule has 0 saturated heterocycles. The van der Waals surface area contributed by atoms with Crippen LogP contribution in [0.3, 0.4) is 0 Å². The summed E-state index contributed by atoms with van der Waals surface area (Å²) in [7, 11) is 0. The molecule has 0 atom stereocenters. The number of nitrogens with two attached hydrogens (primary N) is 2. The quantitative estimate of drug-likeness (QED) is 0.823. The van der Waals surface area contributed by atoms with Crippen LogP contribution in [-0.4, -0.2) is 29.3 Å². The summed E-state index contributed by atoms with van der Waals surface area (Å²) >= 11 is 3.28. The first-order chi connectivity index (χ1) is 8.32. The maximum Gasteiger partial charge on any atom is 0.256 e. The van der Waals surface area contributed by atoms with Gasteiger partial charge in [-0.15, -0.1) is 0 Å². The monoisotopic (exact) mass is 313 g/mol. The molecule has 0 saturated carbocycles. The van der Waals surface area contributed by atoms with E-state index < -0.39 is 5.91 Å². The Morgan fingerprint density at radius 1 is 1.39 bits per heavy atom. The summed E-state index contributed by atoms with van der Waals surface area (Å²) in [5.74, 6) is -0.854. The van der Waals surface area contributed by atoms with E-state index in [0.717, 1.165) is 4.47 Å². The van der Waals surface area contributed by atoms with Gasteiger partial charge < -0.3 is 16.4 Å². The Labute approximate surface area is 114 Å². The average Bonchev–Trinajstić information content (AvgIpc) is 2.27. The number of nitrogen functional groups attached to an aromatic ring is 1. The van der Waals surface area contributed by atoms with Gasteiger partial charge in [-0.2, -0.15) is 0 Å². The van der Waals surface area contributed by atoms with Crippen molar-refractivity contribution >= 4 is 33.4 Å². The van der Waals surface area contributed by atoms with Crippen LogP contribution in [0.25, 0.3) is 0 Å². The number of amides is 2. The molecule has 1 aromatic carbocycles. The van der Waals surface area contributed by atoms with E-state index in [1.165, 1.54) is 4.90 Å². The van der Waals surface area contributed by atoms with Crippen LogP contribution < -0.4 is 11.5 Å². The molecule has 18 heavy (non-hydrogen) atoms. The van der Waals surface area contributed by atoms with Gasteiger partial charge in [-0.1, -0.05) is 15.9 Å². The summed E-state index contributed by atoms with van der Waals surface area (Å²) in [6.45, 7) is 3.51. The highest BCUT2D eigenvalue weighted by molar-refractivity contribution is 9.10. The predicted molar refractivity (Wildman–Crippen MR) is 73.9 cm³/mol. The van der Waals surface area contributed by atoms with Crippen molar-refractivity contribution < 1.29 is 9.59 Å². The van der Waals surface area contributed by atoms with Gasteiger partial charge in [0.25, 0.3) is 5.91 Å². The van der Waals surface area contributed by atoms with Crippen molar-refractivity contribution in [1.29, 1.82) is 0 Å². The molecule has 0 fully saturated rings. The second-order valence-electron chi connectivity index (χ2n) is 4.22. The molecular weight excluding hydrogens is 298 g/mol. The molecule has 0 unspecified atom stereocenters. The number of carbonyl (C=O) groups excluding carboxylic acids is 2. The summed E-state index contributed by atoms with van der Waals surface area (Å²) in [6.07, 6.45) is 0. The summed E-state index contributed by atoms with van der Waals surface area (Å²) in [5.41, 5.74) is 11.7. The number of benzene rings is 1. The number of primary amides is 1. The van der Waals surface area contributed by atoms with Gasteiger partial charge in [0.2, 0.25) is 5.91 Å². The van der Waals surface area contributed by atoms with Crippen LogP contribution >= 0.6 is 15.9 Å². The van der Waals surface area contributed by atoms with Crippen molar-refractivity contribution in [1.82, 2.24) is 4.90 Å². The summed E-state index contributed by atoms with van der Waals surface area (Å²) < 4.78 is 0.753. The lowest BCUT2D eigenvalue weighted by atomic mass is 10.1. The Morgan fingerprint density at radius 3 is 2.50 bits per heavy atom. The molecule has 0 radical (unpaired) electrons. The van der Waals surface area contributed by atoms with Crippen molar-refractivity contribution in [2.24, 2.45) is 5.73 Å². The van der Waals surface area contributed by atoms with E-state index in [2.05, 4.69) is 15.9 Å². The fourth-order valence-electron chi connectivity index (χ4n) is 1.53. The number of nitrogens with zero attached hydrogens (tertiary/aromatic N) is 1. The largest absolute Gasteiger partial charge is 0.398 e. The Morgan fingerprint density at radius 2 is 2.00 bits per heavy atom. The van der Waals surface area contributed by atoms with Crippen LogP contribution in [0.2, 0.25) is 0 Å². The number of anilines is 1. The van der Waals surface area contributed by atoms with E-state index in [0.29, 0.717) is 11.3 Å². The molecular formula is C12H16BrN3O2. The maximum absolute atomic E-state index is 12.3. The third kappa shape index (κ3) is 3.46. The van der Waals surface area contributed by atoms with Crippen molar-refractivity contribution in [3.05, 3.63) is 28.2 Å². The van der Waals surface area contributed by atoms with Crippen molar-refractivity contribution in [3.63, 3.8) is 0 Å². The standard InChI is InChI=1S/C12H16BrN3O2/c1-7(2)16(6-11(15)17)12(18)9-5-8(13)3-4-10(9)14/h3-5,7H,6,14H2,1-2H3,(H2,15,17). The normalized spacial score (nSPS) is 10.4. The first kappa shape index (κ1) is 14.5. The lowest BCUT2D eigenvalue weighted by Gasteiger charge is -2.26. The second kappa shape index (κ2) is 5.86. The fraction of sp³-hybridized carbons (Fsp3) is 0.333. The molecule has 5 nitrogen and oxygen atoms in total.